The molecule has 9 unspecified atom stereocenters. The zero-order chi connectivity index (χ0) is 27.0. The number of Topliss-reactive ketones (excluding diaryl/α,β-unsaturated/α-hetero) is 2. The molecule has 0 amide bonds. The molecule has 0 radical (unpaired) electrons. The van der Waals surface area contributed by atoms with Crippen molar-refractivity contribution in [2.24, 2.45) is 27.6 Å². The lowest BCUT2D eigenvalue weighted by molar-refractivity contribution is -0.217. The maximum Gasteiger partial charge on any atom is 0.335 e. The van der Waals surface area contributed by atoms with Crippen LogP contribution in [-0.4, -0.2) is 63.2 Å². The van der Waals surface area contributed by atoms with Gasteiger partial charge in [-0.25, -0.2) is 9.59 Å². The molecule has 1 aliphatic heterocycles. The summed E-state index contributed by atoms with van der Waals surface area (Å²) in [4.78, 5) is 54.1. The third-order valence-electron chi connectivity index (χ3n) is 10.9. The second kappa shape index (κ2) is 6.78. The molecule has 10 nitrogen and oxygen atoms in total. The van der Waals surface area contributed by atoms with Crippen LogP contribution in [0, 0.1) is 27.6 Å². The molecule has 6 aliphatic rings. The molecule has 1 aromatic heterocycles. The Morgan fingerprint density at radius 3 is 2.43 bits per heavy atom. The topological polar surface area (TPSA) is 161 Å². The predicted octanol–water partition coefficient (Wildman–Crippen LogP) is 1.17. The van der Waals surface area contributed by atoms with Crippen molar-refractivity contribution in [3.63, 3.8) is 0 Å². The fourth-order valence-corrected chi connectivity index (χ4v) is 9.46. The van der Waals surface area contributed by atoms with Crippen molar-refractivity contribution in [3.05, 3.63) is 35.8 Å². The number of carbonyl (C=O) groups is 4. The zero-order valence-corrected chi connectivity index (χ0v) is 21.1. The first-order valence-corrected chi connectivity index (χ1v) is 12.4. The van der Waals surface area contributed by atoms with Crippen molar-refractivity contribution in [2.45, 2.75) is 69.9 Å². The molecule has 0 aromatic carbocycles. The number of aliphatic hydroxyl groups is 3. The summed E-state index contributed by atoms with van der Waals surface area (Å²) in [5.41, 5.74) is -9.28. The molecule has 5 aliphatic carbocycles. The largest absolute Gasteiger partial charge is 0.472 e. The number of furan rings is 1. The number of fused-ring (bicyclic) bond motifs is 1. The van der Waals surface area contributed by atoms with Gasteiger partial charge in [0.1, 0.15) is 11.7 Å². The van der Waals surface area contributed by atoms with Crippen molar-refractivity contribution in [1.82, 2.24) is 0 Å². The minimum atomic E-state index is -2.25. The number of hydrogen-bond acceptors (Lipinski definition) is 10. The van der Waals surface area contributed by atoms with E-state index < -0.39 is 80.9 Å². The number of esters is 2. The highest BCUT2D eigenvalue weighted by molar-refractivity contribution is 6.14. The van der Waals surface area contributed by atoms with Crippen LogP contribution in [0.15, 0.2) is 34.7 Å². The van der Waals surface area contributed by atoms with E-state index in [1.165, 1.54) is 19.5 Å². The molecule has 0 saturated heterocycles. The van der Waals surface area contributed by atoms with Crippen LogP contribution >= 0.6 is 0 Å². The number of rotatable bonds is 3. The van der Waals surface area contributed by atoms with Crippen LogP contribution in [0.4, 0.5) is 0 Å². The van der Waals surface area contributed by atoms with Gasteiger partial charge in [-0.15, -0.1) is 0 Å². The van der Waals surface area contributed by atoms with E-state index in [-0.39, 0.29) is 24.8 Å². The summed E-state index contributed by atoms with van der Waals surface area (Å²) in [7, 11) is 1.10. The lowest BCUT2D eigenvalue weighted by atomic mass is 9.39. The highest BCUT2D eigenvalue weighted by atomic mass is 16.5. The summed E-state index contributed by atoms with van der Waals surface area (Å²) in [6.07, 6.45) is 0.968. The van der Waals surface area contributed by atoms with Gasteiger partial charge in [0.05, 0.1) is 30.7 Å². The summed E-state index contributed by atoms with van der Waals surface area (Å²) in [6.45, 7) is 4.88. The van der Waals surface area contributed by atoms with Crippen molar-refractivity contribution in [1.29, 1.82) is 0 Å². The summed E-state index contributed by atoms with van der Waals surface area (Å²) in [6, 6.07) is 1.64. The van der Waals surface area contributed by atoms with Crippen molar-refractivity contribution < 1.29 is 48.4 Å². The van der Waals surface area contributed by atoms with Gasteiger partial charge in [0.2, 0.25) is 0 Å². The molecular formula is C27H30O10. The molecule has 1 spiro atoms. The van der Waals surface area contributed by atoms with Gasteiger partial charge in [-0.1, -0.05) is 20.8 Å². The van der Waals surface area contributed by atoms with E-state index in [1.807, 2.05) is 0 Å². The van der Waals surface area contributed by atoms with Gasteiger partial charge in [0, 0.05) is 45.8 Å². The normalized spacial score (nSPS) is 48.6. The average Bonchev–Trinajstić information content (AvgIpc) is 3.44. The van der Waals surface area contributed by atoms with Crippen LogP contribution in [-0.2, 0) is 28.7 Å². The first-order valence-electron chi connectivity index (χ1n) is 12.4. The van der Waals surface area contributed by atoms with Crippen LogP contribution in [0.1, 0.15) is 58.1 Å². The van der Waals surface area contributed by atoms with Gasteiger partial charge >= 0.3 is 11.9 Å². The smallest absolute Gasteiger partial charge is 0.335 e. The molecule has 1 aromatic rings. The number of ketones is 2. The Bertz CT molecular complexity index is 1300. The van der Waals surface area contributed by atoms with E-state index in [4.69, 9.17) is 13.9 Å². The maximum atomic E-state index is 14.7. The van der Waals surface area contributed by atoms with E-state index in [0.29, 0.717) is 5.56 Å². The van der Waals surface area contributed by atoms with Crippen LogP contribution in [0.5, 0.6) is 0 Å². The molecular weight excluding hydrogens is 484 g/mol. The molecule has 5 fully saturated rings. The zero-order valence-electron chi connectivity index (χ0n) is 21.1. The Morgan fingerprint density at radius 2 is 1.81 bits per heavy atom. The van der Waals surface area contributed by atoms with Crippen molar-refractivity contribution in [3.8, 4) is 0 Å². The van der Waals surface area contributed by atoms with Crippen LogP contribution in [0.3, 0.4) is 0 Å². The Kier molecular flexibility index (Phi) is 4.49. The van der Waals surface area contributed by atoms with Gasteiger partial charge < -0.3 is 29.2 Å². The lowest BCUT2D eigenvalue weighted by Gasteiger charge is -2.62. The monoisotopic (exact) mass is 514 g/mol. The standard InChI is InChI=1S/C27H30O10/c1-22-6-7-26(18(30)14(22)9-15(28)37-19(22)13-5-8-36-10-13)24(3)17(16(29)20(31)35-4)23(2)11-25(24,33)12-27(26,34)21(23)32/h5,8-10,16-17,19,29,33-34H,6-7,11-12H2,1-4H3. The quantitative estimate of drug-likeness (QED) is 0.500. The number of ether oxygens (including phenoxy) is 2. The van der Waals surface area contributed by atoms with E-state index in [0.717, 1.165) is 13.2 Å². The van der Waals surface area contributed by atoms with Crippen molar-refractivity contribution in [2.75, 3.05) is 7.11 Å². The fourth-order valence-electron chi connectivity index (χ4n) is 9.46. The maximum absolute atomic E-state index is 14.7. The van der Waals surface area contributed by atoms with E-state index in [9.17, 15) is 34.5 Å². The average molecular weight is 515 g/mol. The Labute approximate surface area is 212 Å². The van der Waals surface area contributed by atoms with E-state index in [2.05, 4.69) is 0 Å². The highest BCUT2D eigenvalue weighted by Gasteiger charge is 2.93. The summed E-state index contributed by atoms with van der Waals surface area (Å²) in [5, 5.41) is 35.3. The number of carbonyl (C=O) groups excluding carboxylic acids is 4. The van der Waals surface area contributed by atoms with Gasteiger partial charge in [-0.2, -0.15) is 0 Å². The van der Waals surface area contributed by atoms with Crippen molar-refractivity contribution >= 4 is 23.5 Å². The first-order chi connectivity index (χ1) is 17.2. The third-order valence-corrected chi connectivity index (χ3v) is 10.9. The van der Waals surface area contributed by atoms with Gasteiger partial charge in [-0.3, -0.25) is 9.59 Å². The lowest BCUT2D eigenvalue weighted by Crippen LogP contribution is -2.73. The molecule has 9 atom stereocenters. The molecule has 37 heavy (non-hydrogen) atoms. The number of aliphatic hydroxyl groups excluding tert-OH is 1. The number of cyclic esters (lactones) is 1. The molecule has 2 heterocycles. The Hall–Kier alpha value is -2.82. The highest BCUT2D eigenvalue weighted by Crippen LogP contribution is 2.84. The Balaban J connectivity index is 1.58. The number of methoxy groups -OCH3 is 1. The SMILES string of the molecule is COC(=O)C(O)C1C2(C)CC3(O)CC(O)(C2=O)C2(CCC4(C)C(=CC(=O)OC4c4ccoc4)C2=O)C13C. The third kappa shape index (κ3) is 2.31. The van der Waals surface area contributed by atoms with Gasteiger partial charge in [0.15, 0.2) is 17.7 Å². The molecule has 10 heteroatoms. The molecule has 4 bridgehead atoms. The van der Waals surface area contributed by atoms with Gasteiger partial charge in [0.25, 0.3) is 0 Å². The van der Waals surface area contributed by atoms with Crippen LogP contribution in [0.25, 0.3) is 0 Å². The minimum Gasteiger partial charge on any atom is -0.472 e. The summed E-state index contributed by atoms with van der Waals surface area (Å²) < 4.78 is 15.6. The molecule has 7 rings (SSSR count). The fraction of sp³-hybridized carbons (Fsp3) is 0.630. The van der Waals surface area contributed by atoms with E-state index >= 15 is 0 Å². The molecule has 5 saturated carbocycles. The second-order valence-corrected chi connectivity index (χ2v) is 12.2. The van der Waals surface area contributed by atoms with Crippen LogP contribution < -0.4 is 0 Å². The Morgan fingerprint density at radius 1 is 1.11 bits per heavy atom. The molecule has 198 valence electrons. The minimum absolute atomic E-state index is 0.0346. The number of hydrogen-bond donors (Lipinski definition) is 3. The van der Waals surface area contributed by atoms with Crippen LogP contribution in [0.2, 0.25) is 0 Å². The van der Waals surface area contributed by atoms with Gasteiger partial charge in [-0.05, 0) is 25.3 Å². The first kappa shape index (κ1) is 24.5. The predicted molar refractivity (Wildman–Crippen MR) is 122 cm³/mol. The molecule has 3 N–H and O–H groups in total. The summed E-state index contributed by atoms with van der Waals surface area (Å²) >= 11 is 0. The van der Waals surface area contributed by atoms with E-state index in [1.54, 1.807) is 19.9 Å². The second-order valence-electron chi connectivity index (χ2n) is 12.2. The summed E-state index contributed by atoms with van der Waals surface area (Å²) in [5.74, 6) is -4.28.